The number of rotatable bonds is 6. The summed E-state index contributed by atoms with van der Waals surface area (Å²) < 4.78 is 7.90. The molecule has 8 heteroatoms. The molecule has 2 aromatic carbocycles. The van der Waals surface area contributed by atoms with Crippen molar-refractivity contribution in [1.82, 2.24) is 14.8 Å². The number of para-hydroxylation sites is 1. The summed E-state index contributed by atoms with van der Waals surface area (Å²) in [6, 6.07) is 16.4. The van der Waals surface area contributed by atoms with Crippen LogP contribution in [0.5, 0.6) is 5.75 Å². The molecule has 4 heterocycles. The zero-order chi connectivity index (χ0) is 30.2. The number of halogens is 1. The van der Waals surface area contributed by atoms with Crippen molar-refractivity contribution in [2.45, 2.75) is 83.0 Å². The number of methoxy groups -OCH3 is 1. The predicted octanol–water partition coefficient (Wildman–Crippen LogP) is 7.06. The zero-order valence-corrected chi connectivity index (χ0v) is 26.2. The molecule has 7 rings (SSSR count). The molecule has 0 saturated carbocycles. The van der Waals surface area contributed by atoms with Crippen molar-refractivity contribution in [3.8, 4) is 5.75 Å². The van der Waals surface area contributed by atoms with Crippen LogP contribution in [0.2, 0.25) is 5.02 Å². The normalized spacial score (nSPS) is 21.5. The van der Waals surface area contributed by atoms with Crippen molar-refractivity contribution in [1.29, 1.82) is 0 Å². The van der Waals surface area contributed by atoms with Gasteiger partial charge in [-0.3, -0.25) is 9.59 Å². The lowest BCUT2D eigenvalue weighted by Gasteiger charge is -2.27. The Bertz CT molecular complexity index is 1600. The highest BCUT2D eigenvalue weighted by atomic mass is 35.5. The maximum atomic E-state index is 14.4. The van der Waals surface area contributed by atoms with Crippen LogP contribution in [0.25, 0.3) is 5.57 Å². The van der Waals surface area contributed by atoms with Gasteiger partial charge in [-0.05, 0) is 111 Å². The largest absolute Gasteiger partial charge is 0.496 e. The molecule has 1 N–H and O–H groups in total. The molecule has 44 heavy (non-hydrogen) atoms. The fraction of sp³-hybridized carbons (Fsp3) is 0.444. The first-order valence-corrected chi connectivity index (χ1v) is 16.6. The number of allylic oxidation sites excluding steroid dienone is 2. The molecular weight excluding hydrogens is 572 g/mol. The summed E-state index contributed by atoms with van der Waals surface area (Å²) in [4.78, 5) is 32.4. The van der Waals surface area contributed by atoms with E-state index in [9.17, 15) is 9.59 Å². The molecule has 7 nitrogen and oxygen atoms in total. The van der Waals surface area contributed by atoms with Crippen molar-refractivity contribution >= 4 is 34.7 Å². The number of likely N-dealkylation sites (tertiary alicyclic amines) is 1. The van der Waals surface area contributed by atoms with Gasteiger partial charge >= 0.3 is 0 Å². The average molecular weight is 613 g/mol. The zero-order valence-electron chi connectivity index (χ0n) is 25.5. The van der Waals surface area contributed by atoms with Gasteiger partial charge < -0.3 is 24.4 Å². The van der Waals surface area contributed by atoms with Crippen molar-refractivity contribution < 1.29 is 14.3 Å². The second-order valence-corrected chi connectivity index (χ2v) is 13.1. The van der Waals surface area contributed by atoms with Gasteiger partial charge in [0.1, 0.15) is 11.4 Å². The summed E-state index contributed by atoms with van der Waals surface area (Å²) >= 11 is 6.84. The lowest BCUT2D eigenvalue weighted by atomic mass is 9.92. The molecule has 1 unspecified atom stereocenters. The highest BCUT2D eigenvalue weighted by Gasteiger charge is 2.35. The van der Waals surface area contributed by atoms with Crippen LogP contribution in [0.15, 0.2) is 54.6 Å². The predicted molar refractivity (Wildman–Crippen MR) is 175 cm³/mol. The van der Waals surface area contributed by atoms with E-state index in [1.54, 1.807) is 18.1 Å². The molecule has 2 saturated heterocycles. The highest BCUT2D eigenvalue weighted by Crippen LogP contribution is 2.38. The number of hydrogen-bond donors (Lipinski definition) is 1. The monoisotopic (exact) mass is 612 g/mol. The third-order valence-electron chi connectivity index (χ3n) is 9.98. The molecule has 0 bridgehead atoms. The second-order valence-electron chi connectivity index (χ2n) is 12.6. The number of amides is 2. The van der Waals surface area contributed by atoms with Gasteiger partial charge in [-0.25, -0.2) is 0 Å². The van der Waals surface area contributed by atoms with Gasteiger partial charge in [-0.1, -0.05) is 35.9 Å². The van der Waals surface area contributed by atoms with Gasteiger partial charge in [0.05, 0.1) is 25.8 Å². The van der Waals surface area contributed by atoms with Crippen molar-refractivity contribution in [3.63, 3.8) is 0 Å². The highest BCUT2D eigenvalue weighted by molar-refractivity contribution is 6.33. The van der Waals surface area contributed by atoms with E-state index in [0.717, 1.165) is 74.1 Å². The number of ether oxygens (including phenoxy) is 1. The summed E-state index contributed by atoms with van der Waals surface area (Å²) in [6.45, 7) is 2.74. The summed E-state index contributed by atoms with van der Waals surface area (Å²) in [5.74, 6) is 0.437. The van der Waals surface area contributed by atoms with E-state index in [1.165, 1.54) is 24.8 Å². The number of hydrogen-bond acceptors (Lipinski definition) is 4. The van der Waals surface area contributed by atoms with Gasteiger partial charge in [0.2, 0.25) is 0 Å². The Labute approximate surface area is 264 Å². The third-order valence-corrected chi connectivity index (χ3v) is 10.3. The van der Waals surface area contributed by atoms with Crippen LogP contribution in [0.1, 0.15) is 95.5 Å². The molecular formula is C36H41ClN4O3. The topological polar surface area (TPSA) is 66.8 Å². The molecule has 1 aliphatic carbocycles. The van der Waals surface area contributed by atoms with Gasteiger partial charge in [0, 0.05) is 35.0 Å². The van der Waals surface area contributed by atoms with Crippen molar-refractivity contribution in [3.05, 3.63) is 87.7 Å². The van der Waals surface area contributed by atoms with E-state index >= 15 is 0 Å². The Morgan fingerprint density at radius 2 is 1.89 bits per heavy atom. The van der Waals surface area contributed by atoms with Gasteiger partial charge in [0.25, 0.3) is 11.8 Å². The Morgan fingerprint density at radius 3 is 2.68 bits per heavy atom. The number of carbonyl (C=O) groups excluding carboxylic acids is 2. The number of carbonyl (C=O) groups is 2. The van der Waals surface area contributed by atoms with Crippen LogP contribution >= 0.6 is 11.6 Å². The Morgan fingerprint density at radius 1 is 1.00 bits per heavy atom. The number of anilines is 1. The van der Waals surface area contributed by atoms with E-state index in [0.29, 0.717) is 41.2 Å². The minimum atomic E-state index is -0.174. The molecule has 230 valence electrons. The fourth-order valence-corrected chi connectivity index (χ4v) is 7.96. The quantitative estimate of drug-likeness (QED) is 0.324. The van der Waals surface area contributed by atoms with Crippen LogP contribution in [0.3, 0.4) is 0 Å². The summed E-state index contributed by atoms with van der Waals surface area (Å²) in [5, 5.41) is 4.17. The van der Waals surface area contributed by atoms with Gasteiger partial charge in [0.15, 0.2) is 0 Å². The number of nitrogens with one attached hydrogen (secondary N) is 1. The summed E-state index contributed by atoms with van der Waals surface area (Å²) in [7, 11) is 1.60. The fourth-order valence-electron chi connectivity index (χ4n) is 7.67. The Kier molecular flexibility index (Phi) is 8.25. The summed E-state index contributed by atoms with van der Waals surface area (Å²) in [6.07, 6.45) is 12.1. The molecule has 1 aromatic heterocycles. The molecule has 2 atom stereocenters. The van der Waals surface area contributed by atoms with Crippen molar-refractivity contribution in [2.24, 2.45) is 0 Å². The average Bonchev–Trinajstić information content (AvgIpc) is 3.81. The molecule has 0 spiro atoms. The van der Waals surface area contributed by atoms with Gasteiger partial charge in [-0.2, -0.15) is 0 Å². The molecule has 2 fully saturated rings. The standard InChI is InChI=1S/C36H41ClN4O3/c1-44-34-21-29(24-9-3-2-4-10-24)31(37)20-30(34)35(42)41-23-28-15-16-33(40(28)22-25-11-5-6-14-32(25)41)36(43)39-18-8-13-27(39)19-26-12-7-17-38-26/h5-6,9,11,14-16,20-21,26-27,38H,2-4,7-8,10,12-13,17-19,22-23H2,1H3/t26?,27-/m0/s1. The molecule has 0 radical (unpaired) electrons. The van der Waals surface area contributed by atoms with E-state index < -0.39 is 0 Å². The van der Waals surface area contributed by atoms with E-state index in [4.69, 9.17) is 16.3 Å². The first kappa shape index (κ1) is 29.2. The van der Waals surface area contributed by atoms with E-state index in [1.807, 2.05) is 42.5 Å². The van der Waals surface area contributed by atoms with Crippen LogP contribution in [0.4, 0.5) is 5.69 Å². The SMILES string of the molecule is COc1cc(C2=CCCCC2)c(Cl)cc1C(=O)N1Cc2ccc(C(=O)N3CCC[C@H]3CC3CCCN3)n2Cc2ccccc21. The maximum Gasteiger partial charge on any atom is 0.270 e. The van der Waals surface area contributed by atoms with Crippen LogP contribution < -0.4 is 15.0 Å². The first-order valence-electron chi connectivity index (χ1n) is 16.2. The number of fused-ring (bicyclic) bond motifs is 2. The second kappa shape index (κ2) is 12.4. The number of aromatic nitrogens is 1. The Balaban J connectivity index is 1.20. The third kappa shape index (κ3) is 5.45. The van der Waals surface area contributed by atoms with Crippen LogP contribution in [0, 0.1) is 0 Å². The molecule has 3 aromatic rings. The smallest absolute Gasteiger partial charge is 0.270 e. The van der Waals surface area contributed by atoms with E-state index in [2.05, 4.69) is 20.9 Å². The maximum absolute atomic E-state index is 14.4. The molecule has 2 amide bonds. The van der Waals surface area contributed by atoms with Crippen LogP contribution in [-0.4, -0.2) is 53.6 Å². The number of nitrogens with zero attached hydrogens (tertiary/aromatic N) is 3. The van der Waals surface area contributed by atoms with Crippen LogP contribution in [-0.2, 0) is 13.1 Å². The minimum Gasteiger partial charge on any atom is -0.496 e. The first-order chi connectivity index (χ1) is 21.5. The summed E-state index contributed by atoms with van der Waals surface area (Å²) in [5.41, 5.74) is 6.05. The van der Waals surface area contributed by atoms with Crippen molar-refractivity contribution in [2.75, 3.05) is 25.1 Å². The lowest BCUT2D eigenvalue weighted by Crippen LogP contribution is -2.40. The molecule has 4 aliphatic rings. The Hall–Kier alpha value is -3.55. The van der Waals surface area contributed by atoms with E-state index in [-0.39, 0.29) is 17.9 Å². The lowest BCUT2D eigenvalue weighted by molar-refractivity contribution is 0.0713. The molecule has 3 aliphatic heterocycles. The van der Waals surface area contributed by atoms with Gasteiger partial charge in [-0.15, -0.1) is 0 Å². The minimum absolute atomic E-state index is 0.0926. The number of benzene rings is 2.